The Morgan fingerprint density at radius 2 is 1.33 bits per heavy atom. The molecule has 4 nitrogen and oxygen atoms in total. The molecule has 1 N–H and O–H groups in total. The first-order valence-electron chi connectivity index (χ1n) is 8.08. The van der Waals surface area contributed by atoms with Gasteiger partial charge in [-0.25, -0.2) is 0 Å². The van der Waals surface area contributed by atoms with Crippen LogP contribution in [0.3, 0.4) is 0 Å². The van der Waals surface area contributed by atoms with Gasteiger partial charge >= 0.3 is 0 Å². The average Bonchev–Trinajstić information content (AvgIpc) is 2.68. The molecule has 27 heavy (non-hydrogen) atoms. The summed E-state index contributed by atoms with van der Waals surface area (Å²) in [6, 6.07) is 19.4. The Kier molecular flexibility index (Phi) is 5.72. The molecule has 2 aromatic carbocycles. The Hall–Kier alpha value is -2.51. The van der Waals surface area contributed by atoms with E-state index in [1.54, 1.807) is 71.6 Å². The highest BCUT2D eigenvalue weighted by Gasteiger charge is 2.38. The predicted octanol–water partition coefficient (Wildman–Crippen LogP) is 0.991. The smallest absolute Gasteiger partial charge is 0.286 e. The summed E-state index contributed by atoms with van der Waals surface area (Å²) in [5, 5.41) is 3.54. The van der Waals surface area contributed by atoms with E-state index >= 15 is 0 Å². The maximum absolute atomic E-state index is 13.1. The van der Waals surface area contributed by atoms with Gasteiger partial charge in [0.25, 0.3) is 11.5 Å². The zero-order chi connectivity index (χ0) is 18.1. The largest absolute Gasteiger partial charge is 1.00 e. The summed E-state index contributed by atoms with van der Waals surface area (Å²) in [4.78, 5) is 26.3. The van der Waals surface area contributed by atoms with Gasteiger partial charge in [0.05, 0.1) is 10.7 Å². The molecule has 0 radical (unpaired) electrons. The first-order chi connectivity index (χ1) is 12.7. The molecule has 0 saturated heterocycles. The summed E-state index contributed by atoms with van der Waals surface area (Å²) in [5.74, 6) is -0.461. The summed E-state index contributed by atoms with van der Waals surface area (Å²) >= 11 is 6.23. The van der Waals surface area contributed by atoms with E-state index in [1.165, 1.54) is 0 Å². The van der Waals surface area contributed by atoms with Crippen molar-refractivity contribution in [1.82, 2.24) is 0 Å². The second kappa shape index (κ2) is 8.02. The first-order valence-corrected chi connectivity index (χ1v) is 8.45. The van der Waals surface area contributed by atoms with Crippen LogP contribution in [0.2, 0.25) is 5.02 Å². The lowest BCUT2D eigenvalue weighted by Gasteiger charge is -2.18. The molecule has 134 valence electrons. The molecular formula is C21H14ClIN2O2. The number of nitrogens with zero attached hydrogens (tertiary/aromatic N) is 1. The van der Waals surface area contributed by atoms with Gasteiger partial charge < -0.3 is 29.3 Å². The van der Waals surface area contributed by atoms with Crippen molar-refractivity contribution in [3.63, 3.8) is 0 Å². The van der Waals surface area contributed by atoms with Crippen molar-refractivity contribution in [1.29, 1.82) is 0 Å². The number of rotatable bonds is 3. The minimum Gasteiger partial charge on any atom is -1.00 e. The fourth-order valence-corrected chi connectivity index (χ4v) is 3.15. The van der Waals surface area contributed by atoms with Crippen LogP contribution in [0.25, 0.3) is 5.70 Å². The number of carbonyl (C=O) groups excluding carboxylic acids is 2. The maximum Gasteiger partial charge on any atom is 0.286 e. The number of carbonyl (C=O) groups is 2. The van der Waals surface area contributed by atoms with Crippen molar-refractivity contribution in [2.45, 2.75) is 0 Å². The number of aromatic nitrogens is 1. The molecule has 0 fully saturated rings. The number of hydrogen-bond acceptors (Lipinski definition) is 3. The van der Waals surface area contributed by atoms with Gasteiger partial charge in [0.2, 0.25) is 5.78 Å². The third kappa shape index (κ3) is 3.52. The van der Waals surface area contributed by atoms with Crippen LogP contribution in [-0.2, 0) is 0 Å². The number of allylic oxidation sites excluding steroid dienone is 2. The van der Waals surface area contributed by atoms with Gasteiger partial charge in [-0.3, -0.25) is 9.59 Å². The van der Waals surface area contributed by atoms with E-state index in [9.17, 15) is 9.59 Å². The van der Waals surface area contributed by atoms with E-state index in [0.29, 0.717) is 21.8 Å². The van der Waals surface area contributed by atoms with Crippen LogP contribution < -0.4 is 33.9 Å². The number of halogens is 2. The fourth-order valence-electron chi connectivity index (χ4n) is 2.97. The summed E-state index contributed by atoms with van der Waals surface area (Å²) in [5.41, 5.74) is 1.83. The Balaban J connectivity index is 0.00000210. The number of nitrogens with one attached hydrogen (secondary N) is 1. The fraction of sp³-hybridized carbons (Fsp3) is 0. The van der Waals surface area contributed by atoms with Crippen molar-refractivity contribution in [2.24, 2.45) is 0 Å². The van der Waals surface area contributed by atoms with Crippen molar-refractivity contribution >= 4 is 34.6 Å². The molecular weight excluding hydrogens is 475 g/mol. The normalized spacial score (nSPS) is 13.1. The van der Waals surface area contributed by atoms with Gasteiger partial charge in [-0.2, -0.15) is 4.57 Å². The van der Waals surface area contributed by atoms with E-state index in [2.05, 4.69) is 5.32 Å². The predicted molar refractivity (Wildman–Crippen MR) is 100 cm³/mol. The van der Waals surface area contributed by atoms with Crippen LogP contribution in [0.4, 0.5) is 5.69 Å². The molecule has 3 aromatic rings. The molecule has 0 saturated carbocycles. The molecule has 1 aliphatic rings. The molecule has 0 amide bonds. The quantitative estimate of drug-likeness (QED) is 0.442. The SMILES string of the molecule is O=C1C(Nc2ccccc2Cl)=C([n+]2ccccc2)C(=O)c2ccccc21.[I-]. The molecule has 1 aliphatic carbocycles. The Morgan fingerprint density at radius 1 is 0.741 bits per heavy atom. The third-order valence-electron chi connectivity index (χ3n) is 4.20. The van der Waals surface area contributed by atoms with Crippen LogP contribution in [0.15, 0.2) is 84.8 Å². The van der Waals surface area contributed by atoms with Gasteiger partial charge in [-0.15, -0.1) is 0 Å². The van der Waals surface area contributed by atoms with Gasteiger partial charge in [-0.1, -0.05) is 54.1 Å². The van der Waals surface area contributed by atoms with Crippen LogP contribution in [-0.4, -0.2) is 11.6 Å². The number of Topliss-reactive ketones (excluding diaryl/α,β-unsaturated/α-hetero) is 2. The van der Waals surface area contributed by atoms with E-state index in [1.807, 2.05) is 12.1 Å². The average molecular weight is 489 g/mol. The molecule has 0 spiro atoms. The van der Waals surface area contributed by atoms with Crippen LogP contribution in [0.5, 0.6) is 0 Å². The summed E-state index contributed by atoms with van der Waals surface area (Å²) in [7, 11) is 0. The lowest BCUT2D eigenvalue weighted by Crippen LogP contribution is -3.00. The molecule has 1 heterocycles. The lowest BCUT2D eigenvalue weighted by molar-refractivity contribution is -0.577. The van der Waals surface area contributed by atoms with Crippen LogP contribution in [0.1, 0.15) is 20.7 Å². The van der Waals surface area contributed by atoms with Gasteiger partial charge in [0.1, 0.15) is 0 Å². The Morgan fingerprint density at radius 3 is 2.00 bits per heavy atom. The number of ketones is 2. The molecule has 0 atom stereocenters. The highest BCUT2D eigenvalue weighted by atomic mass is 127. The highest BCUT2D eigenvalue weighted by Crippen LogP contribution is 2.29. The number of benzene rings is 2. The summed E-state index contributed by atoms with van der Waals surface area (Å²) < 4.78 is 1.65. The minimum absolute atomic E-state index is 0. The van der Waals surface area contributed by atoms with Crippen LogP contribution >= 0.6 is 11.6 Å². The number of para-hydroxylation sites is 1. The topological polar surface area (TPSA) is 50.1 Å². The Labute approximate surface area is 178 Å². The maximum atomic E-state index is 13.1. The van der Waals surface area contributed by atoms with Crippen molar-refractivity contribution in [2.75, 3.05) is 5.32 Å². The number of pyridine rings is 1. The first kappa shape index (κ1) is 19.3. The second-order valence-electron chi connectivity index (χ2n) is 5.82. The number of anilines is 1. The van der Waals surface area contributed by atoms with Crippen molar-refractivity contribution in [3.8, 4) is 0 Å². The molecule has 0 unspecified atom stereocenters. The second-order valence-corrected chi connectivity index (χ2v) is 6.22. The van der Waals surface area contributed by atoms with Gasteiger partial charge in [0, 0.05) is 23.3 Å². The van der Waals surface area contributed by atoms with E-state index in [-0.39, 0.29) is 46.9 Å². The molecule has 6 heteroatoms. The van der Waals surface area contributed by atoms with E-state index in [0.717, 1.165) is 0 Å². The van der Waals surface area contributed by atoms with Gasteiger partial charge in [-0.05, 0) is 12.1 Å². The zero-order valence-corrected chi connectivity index (χ0v) is 16.9. The van der Waals surface area contributed by atoms with Gasteiger partial charge in [0.15, 0.2) is 18.1 Å². The molecule has 0 bridgehead atoms. The van der Waals surface area contributed by atoms with E-state index in [4.69, 9.17) is 11.6 Å². The Bertz CT molecular complexity index is 1060. The van der Waals surface area contributed by atoms with Crippen LogP contribution in [0, 0.1) is 0 Å². The lowest BCUT2D eigenvalue weighted by atomic mass is 9.90. The van der Waals surface area contributed by atoms with E-state index < -0.39 is 0 Å². The molecule has 1 aromatic heterocycles. The summed E-state index contributed by atoms with van der Waals surface area (Å²) in [6.45, 7) is 0. The highest BCUT2D eigenvalue weighted by molar-refractivity contribution is 6.37. The standard InChI is InChI=1S/C21H13ClN2O2.HI/c22-16-10-4-5-11-17(16)23-18-19(24-12-6-1-7-13-24)21(26)15-9-3-2-8-14(15)20(18)25;/h1-13H;1H. The summed E-state index contributed by atoms with van der Waals surface area (Å²) in [6.07, 6.45) is 3.48. The van der Waals surface area contributed by atoms with Crippen molar-refractivity contribution < 1.29 is 38.1 Å². The van der Waals surface area contributed by atoms with Crippen molar-refractivity contribution in [3.05, 3.63) is 101 Å². The minimum atomic E-state index is -0.244. The zero-order valence-electron chi connectivity index (χ0n) is 14.0. The molecule has 4 rings (SSSR count). The molecule has 0 aliphatic heterocycles. The number of hydrogen-bond donors (Lipinski definition) is 1. The monoisotopic (exact) mass is 488 g/mol. The number of fused-ring (bicyclic) bond motifs is 1. The third-order valence-corrected chi connectivity index (χ3v) is 4.53.